The number of alkyl halides is 3. The van der Waals surface area contributed by atoms with E-state index in [9.17, 15) is 18.0 Å². The third-order valence-electron chi connectivity index (χ3n) is 5.59. The van der Waals surface area contributed by atoms with Gasteiger partial charge in [-0.05, 0) is 64.9 Å². The zero-order valence-electron chi connectivity index (χ0n) is 19.0. The van der Waals surface area contributed by atoms with Crippen molar-refractivity contribution in [1.29, 1.82) is 0 Å². The van der Waals surface area contributed by atoms with Crippen LogP contribution >= 0.6 is 0 Å². The largest absolute Gasteiger partial charge is 0.573 e. The third-order valence-corrected chi connectivity index (χ3v) is 5.59. The normalized spacial score (nSPS) is 12.1. The molecule has 0 fully saturated rings. The van der Waals surface area contributed by atoms with Crippen LogP contribution in [0.1, 0.15) is 38.3 Å². The van der Waals surface area contributed by atoms with Crippen LogP contribution in [0.15, 0.2) is 72.8 Å². The van der Waals surface area contributed by atoms with Gasteiger partial charge in [-0.2, -0.15) is 0 Å². The molecule has 0 aliphatic carbocycles. The second-order valence-corrected chi connectivity index (χ2v) is 8.36. The third kappa shape index (κ3) is 6.63. The van der Waals surface area contributed by atoms with E-state index in [2.05, 4.69) is 25.5 Å². The second-order valence-electron chi connectivity index (χ2n) is 8.36. The molecule has 0 heterocycles. The van der Waals surface area contributed by atoms with Crippen LogP contribution in [0.5, 0.6) is 17.2 Å². The molecule has 0 saturated heterocycles. The predicted octanol–water partition coefficient (Wildman–Crippen LogP) is 7.83. The molecular weight excluding hydrogens is 445 g/mol. The number of hydrogen-bond acceptors (Lipinski definition) is 3. The van der Waals surface area contributed by atoms with Crippen molar-refractivity contribution in [3.8, 4) is 28.4 Å². The summed E-state index contributed by atoms with van der Waals surface area (Å²) in [6, 6.07) is 18.3. The summed E-state index contributed by atoms with van der Waals surface area (Å²) in [5, 5.41) is 9.01. The van der Waals surface area contributed by atoms with Crippen LogP contribution in [0.2, 0.25) is 0 Å². The lowest BCUT2D eigenvalue weighted by molar-refractivity contribution is -0.274. The zero-order valence-corrected chi connectivity index (χ0v) is 19.0. The Morgan fingerprint density at radius 3 is 2.06 bits per heavy atom. The molecule has 178 valence electrons. The number of carbonyl (C=O) groups is 1. The van der Waals surface area contributed by atoms with Crippen molar-refractivity contribution >= 4 is 12.0 Å². The highest BCUT2D eigenvalue weighted by Gasteiger charge is 2.31. The zero-order chi connectivity index (χ0) is 24.9. The van der Waals surface area contributed by atoms with Crippen LogP contribution in [-0.4, -0.2) is 17.4 Å². The van der Waals surface area contributed by atoms with Gasteiger partial charge in [0, 0.05) is 11.6 Å². The summed E-state index contributed by atoms with van der Waals surface area (Å²) < 4.78 is 47.3. The van der Waals surface area contributed by atoms with Crippen LogP contribution < -0.4 is 9.47 Å². The monoisotopic (exact) mass is 470 g/mol. The van der Waals surface area contributed by atoms with Gasteiger partial charge in [0.1, 0.15) is 17.2 Å². The Balaban J connectivity index is 1.93. The predicted molar refractivity (Wildman–Crippen MR) is 125 cm³/mol. The quantitative estimate of drug-likeness (QED) is 0.341. The highest BCUT2D eigenvalue weighted by atomic mass is 19.4. The molecule has 0 radical (unpaired) electrons. The number of aliphatic carboxylic acids is 1. The molecule has 3 aromatic rings. The first-order valence-corrected chi connectivity index (χ1v) is 10.7. The van der Waals surface area contributed by atoms with Gasteiger partial charge in [-0.3, -0.25) is 0 Å². The lowest BCUT2D eigenvalue weighted by Crippen LogP contribution is -2.16. The molecule has 0 aliphatic rings. The first-order chi connectivity index (χ1) is 16.0. The van der Waals surface area contributed by atoms with E-state index < -0.39 is 12.3 Å². The molecule has 7 heteroatoms. The molecule has 0 amide bonds. The standard InChI is InChI=1S/C27H25F3O4/c1-4-26(2,3)21-10-14-22(15-11-21)33-24-17-20(6-5-19(24)9-16-25(31)32)18-7-12-23(13-8-18)34-27(28,29)30/h5-17H,4H2,1-3H3,(H,31,32). The van der Waals surface area contributed by atoms with Crippen molar-refractivity contribution in [3.05, 3.63) is 83.9 Å². The van der Waals surface area contributed by atoms with Crippen LogP contribution in [0, 0.1) is 0 Å². The number of halogens is 3. The Bertz CT molecular complexity index is 1160. The van der Waals surface area contributed by atoms with Gasteiger partial charge in [0.2, 0.25) is 0 Å². The van der Waals surface area contributed by atoms with Gasteiger partial charge in [-0.1, -0.05) is 57.2 Å². The molecule has 3 rings (SSSR count). The maximum Gasteiger partial charge on any atom is 0.573 e. The summed E-state index contributed by atoms with van der Waals surface area (Å²) in [6.07, 6.45) is -1.34. The average molecular weight is 470 g/mol. The first-order valence-electron chi connectivity index (χ1n) is 10.7. The number of hydrogen-bond donors (Lipinski definition) is 1. The molecule has 34 heavy (non-hydrogen) atoms. The molecule has 0 saturated carbocycles. The van der Waals surface area contributed by atoms with Gasteiger partial charge >= 0.3 is 12.3 Å². The SMILES string of the molecule is CCC(C)(C)c1ccc(Oc2cc(-c3ccc(OC(F)(F)F)cc3)ccc2C=CC(=O)O)cc1. The summed E-state index contributed by atoms with van der Waals surface area (Å²) in [5.41, 5.74) is 3.07. The van der Waals surface area contributed by atoms with Crippen molar-refractivity contribution in [3.63, 3.8) is 0 Å². The van der Waals surface area contributed by atoms with E-state index in [4.69, 9.17) is 9.84 Å². The highest BCUT2D eigenvalue weighted by Crippen LogP contribution is 2.34. The fourth-order valence-corrected chi connectivity index (χ4v) is 3.26. The van der Waals surface area contributed by atoms with Crippen molar-refractivity contribution < 1.29 is 32.5 Å². The number of carboxylic acids is 1. The lowest BCUT2D eigenvalue weighted by Gasteiger charge is -2.23. The van der Waals surface area contributed by atoms with Gasteiger partial charge in [-0.15, -0.1) is 13.2 Å². The molecule has 0 aromatic heterocycles. The summed E-state index contributed by atoms with van der Waals surface area (Å²) in [5.74, 6) is -0.426. The summed E-state index contributed by atoms with van der Waals surface area (Å²) in [6.45, 7) is 6.44. The minimum Gasteiger partial charge on any atom is -0.478 e. The van der Waals surface area contributed by atoms with Crippen LogP contribution in [0.25, 0.3) is 17.2 Å². The van der Waals surface area contributed by atoms with Gasteiger partial charge in [0.15, 0.2) is 0 Å². The van der Waals surface area contributed by atoms with Crippen molar-refractivity contribution in [1.82, 2.24) is 0 Å². The van der Waals surface area contributed by atoms with Gasteiger partial charge in [-0.25, -0.2) is 4.79 Å². The van der Waals surface area contributed by atoms with Gasteiger partial charge in [0.25, 0.3) is 0 Å². The number of carboxylic acid groups (broad SMARTS) is 1. The number of benzene rings is 3. The van der Waals surface area contributed by atoms with E-state index in [0.717, 1.165) is 12.5 Å². The van der Waals surface area contributed by atoms with Gasteiger partial charge in [0.05, 0.1) is 0 Å². The Morgan fingerprint density at radius 2 is 1.50 bits per heavy atom. The number of ether oxygens (including phenoxy) is 2. The van der Waals surface area contributed by atoms with Crippen LogP contribution in [-0.2, 0) is 10.2 Å². The Hall–Kier alpha value is -3.74. The molecule has 0 unspecified atom stereocenters. The molecule has 4 nitrogen and oxygen atoms in total. The Kier molecular flexibility index (Phi) is 7.35. The lowest BCUT2D eigenvalue weighted by atomic mass is 9.82. The van der Waals surface area contributed by atoms with Crippen LogP contribution in [0.4, 0.5) is 13.2 Å². The Labute approximate surface area is 196 Å². The fraction of sp³-hybridized carbons (Fsp3) is 0.222. The van der Waals surface area contributed by atoms with E-state index in [1.165, 1.54) is 35.9 Å². The highest BCUT2D eigenvalue weighted by molar-refractivity contribution is 5.86. The van der Waals surface area contributed by atoms with Crippen molar-refractivity contribution in [2.45, 2.75) is 39.0 Å². The summed E-state index contributed by atoms with van der Waals surface area (Å²) in [7, 11) is 0. The van der Waals surface area contributed by atoms with Crippen molar-refractivity contribution in [2.75, 3.05) is 0 Å². The Morgan fingerprint density at radius 1 is 0.912 bits per heavy atom. The molecular formula is C27H25F3O4. The van der Waals surface area contributed by atoms with Crippen molar-refractivity contribution in [2.24, 2.45) is 0 Å². The van der Waals surface area contributed by atoms with E-state index >= 15 is 0 Å². The minimum atomic E-state index is -4.76. The molecule has 3 aromatic carbocycles. The molecule has 1 N–H and O–H groups in total. The molecule has 0 aliphatic heterocycles. The fourth-order valence-electron chi connectivity index (χ4n) is 3.26. The van der Waals surface area contributed by atoms with E-state index in [-0.39, 0.29) is 11.2 Å². The summed E-state index contributed by atoms with van der Waals surface area (Å²) in [4.78, 5) is 11.0. The number of rotatable bonds is 8. The average Bonchev–Trinajstić information content (AvgIpc) is 2.78. The van der Waals surface area contributed by atoms with E-state index in [1.807, 2.05) is 24.3 Å². The van der Waals surface area contributed by atoms with E-state index in [0.29, 0.717) is 28.2 Å². The smallest absolute Gasteiger partial charge is 0.478 e. The molecule has 0 atom stereocenters. The maximum atomic E-state index is 12.4. The molecule has 0 bridgehead atoms. The maximum absolute atomic E-state index is 12.4. The van der Waals surface area contributed by atoms with E-state index in [1.54, 1.807) is 18.2 Å². The first kappa shape index (κ1) is 24.9. The van der Waals surface area contributed by atoms with Crippen LogP contribution in [0.3, 0.4) is 0 Å². The van der Waals surface area contributed by atoms with Gasteiger partial charge < -0.3 is 14.6 Å². The molecule has 0 spiro atoms. The minimum absolute atomic E-state index is 0.0236. The topological polar surface area (TPSA) is 55.8 Å². The second kappa shape index (κ2) is 10.0. The summed E-state index contributed by atoms with van der Waals surface area (Å²) >= 11 is 0.